The van der Waals surface area contributed by atoms with Crippen LogP contribution in [0.25, 0.3) is 6.08 Å². The van der Waals surface area contributed by atoms with Crippen molar-refractivity contribution in [2.24, 2.45) is 0 Å². The number of hydrogen-bond acceptors (Lipinski definition) is 6. The van der Waals surface area contributed by atoms with Crippen molar-refractivity contribution in [3.8, 4) is 11.5 Å². The Bertz CT molecular complexity index is 921. The average molecular weight is 394 g/mol. The van der Waals surface area contributed by atoms with E-state index in [0.29, 0.717) is 27.0 Å². The molecule has 2 aliphatic heterocycles. The first-order chi connectivity index (χ1) is 12.0. The predicted octanol–water partition coefficient (Wildman–Crippen LogP) is 4.68. The topological polar surface area (TPSA) is 55.8 Å². The van der Waals surface area contributed by atoms with Gasteiger partial charge in [0.25, 0.3) is 11.1 Å². The highest BCUT2D eigenvalue weighted by Gasteiger charge is 2.35. The van der Waals surface area contributed by atoms with Gasteiger partial charge in [0.05, 0.1) is 11.4 Å². The molecule has 2 aromatic rings. The van der Waals surface area contributed by atoms with Crippen molar-refractivity contribution in [2.75, 3.05) is 6.79 Å². The molecule has 0 spiro atoms. The SMILES string of the molecule is Cc1ccsc1/C=C1/SC(=O)N(Cc2cc3c(cc2Cl)OCO3)C1=O. The Kier molecular flexibility index (Phi) is 4.23. The van der Waals surface area contributed by atoms with Crippen LogP contribution in [0.2, 0.25) is 5.02 Å². The number of carbonyl (C=O) groups excluding carboxylic acids is 2. The summed E-state index contributed by atoms with van der Waals surface area (Å²) in [6.07, 6.45) is 1.77. The van der Waals surface area contributed by atoms with E-state index in [0.717, 1.165) is 22.2 Å². The first-order valence-electron chi connectivity index (χ1n) is 7.40. The third kappa shape index (κ3) is 3.03. The van der Waals surface area contributed by atoms with Crippen LogP contribution in [0, 0.1) is 6.92 Å². The minimum absolute atomic E-state index is 0.0981. The Labute approximate surface area is 157 Å². The molecule has 1 saturated heterocycles. The van der Waals surface area contributed by atoms with Gasteiger partial charge in [-0.1, -0.05) is 11.6 Å². The van der Waals surface area contributed by atoms with Gasteiger partial charge in [0, 0.05) is 16.0 Å². The Balaban J connectivity index is 1.60. The van der Waals surface area contributed by atoms with Gasteiger partial charge >= 0.3 is 0 Å². The Morgan fingerprint density at radius 1 is 1.28 bits per heavy atom. The van der Waals surface area contributed by atoms with Gasteiger partial charge in [-0.2, -0.15) is 0 Å². The molecule has 0 atom stereocenters. The molecule has 1 fully saturated rings. The predicted molar refractivity (Wildman–Crippen MR) is 98.1 cm³/mol. The maximum Gasteiger partial charge on any atom is 0.293 e. The van der Waals surface area contributed by atoms with Crippen molar-refractivity contribution in [1.29, 1.82) is 0 Å². The molecule has 0 N–H and O–H groups in total. The molecule has 25 heavy (non-hydrogen) atoms. The van der Waals surface area contributed by atoms with Gasteiger partial charge in [0.2, 0.25) is 6.79 Å². The molecule has 3 heterocycles. The van der Waals surface area contributed by atoms with E-state index in [-0.39, 0.29) is 24.5 Å². The van der Waals surface area contributed by atoms with Gasteiger partial charge in [0.1, 0.15) is 0 Å². The number of carbonyl (C=O) groups is 2. The summed E-state index contributed by atoms with van der Waals surface area (Å²) in [5, 5.41) is 2.08. The number of ether oxygens (including phenoxy) is 2. The van der Waals surface area contributed by atoms with E-state index in [9.17, 15) is 9.59 Å². The number of nitrogens with zero attached hydrogens (tertiary/aromatic N) is 1. The lowest BCUT2D eigenvalue weighted by Crippen LogP contribution is -2.27. The second-order valence-corrected chi connectivity index (χ2v) is 7.88. The van der Waals surface area contributed by atoms with Crippen LogP contribution in [0.15, 0.2) is 28.5 Å². The fraction of sp³-hybridized carbons (Fsp3) is 0.176. The molecule has 0 unspecified atom stereocenters. The second kappa shape index (κ2) is 6.40. The molecule has 0 saturated carbocycles. The zero-order valence-electron chi connectivity index (χ0n) is 13.1. The van der Waals surface area contributed by atoms with E-state index in [4.69, 9.17) is 21.1 Å². The number of aryl methyl sites for hydroxylation is 1. The molecule has 5 nitrogen and oxygen atoms in total. The highest BCUT2D eigenvalue weighted by atomic mass is 35.5. The van der Waals surface area contributed by atoms with Crippen molar-refractivity contribution >= 4 is 51.9 Å². The molecule has 1 aromatic heterocycles. The normalized spacial score (nSPS) is 17.8. The van der Waals surface area contributed by atoms with Gasteiger partial charge in [-0.3, -0.25) is 14.5 Å². The summed E-state index contributed by atoms with van der Waals surface area (Å²) in [5.74, 6) is 0.823. The molecule has 128 valence electrons. The van der Waals surface area contributed by atoms with Crippen LogP contribution in [0.3, 0.4) is 0 Å². The number of rotatable bonds is 3. The Morgan fingerprint density at radius 3 is 2.76 bits per heavy atom. The number of amides is 2. The molecule has 1 aromatic carbocycles. The second-order valence-electron chi connectivity index (χ2n) is 5.53. The minimum atomic E-state index is -0.309. The number of benzene rings is 1. The van der Waals surface area contributed by atoms with Gasteiger partial charge in [-0.15, -0.1) is 11.3 Å². The highest BCUT2D eigenvalue weighted by Crippen LogP contribution is 2.39. The number of thioether (sulfide) groups is 1. The highest BCUT2D eigenvalue weighted by molar-refractivity contribution is 8.18. The zero-order chi connectivity index (χ0) is 17.6. The minimum Gasteiger partial charge on any atom is -0.454 e. The maximum atomic E-state index is 12.6. The van der Waals surface area contributed by atoms with E-state index < -0.39 is 0 Å². The Hall–Kier alpha value is -1.96. The largest absolute Gasteiger partial charge is 0.454 e. The van der Waals surface area contributed by atoms with Gasteiger partial charge < -0.3 is 9.47 Å². The van der Waals surface area contributed by atoms with Crippen molar-refractivity contribution in [1.82, 2.24) is 4.90 Å². The molecular formula is C17H12ClNO4S2. The van der Waals surface area contributed by atoms with Crippen LogP contribution < -0.4 is 9.47 Å². The van der Waals surface area contributed by atoms with E-state index in [2.05, 4.69) is 0 Å². The van der Waals surface area contributed by atoms with Crippen molar-refractivity contribution < 1.29 is 19.1 Å². The zero-order valence-corrected chi connectivity index (χ0v) is 15.5. The van der Waals surface area contributed by atoms with Crippen LogP contribution in [0.5, 0.6) is 11.5 Å². The van der Waals surface area contributed by atoms with Gasteiger partial charge in [-0.05, 0) is 53.4 Å². The first kappa shape index (κ1) is 16.5. The van der Waals surface area contributed by atoms with Crippen molar-refractivity contribution in [2.45, 2.75) is 13.5 Å². The number of hydrogen-bond donors (Lipinski definition) is 0. The summed E-state index contributed by atoms with van der Waals surface area (Å²) in [4.78, 5) is 27.5. The van der Waals surface area contributed by atoms with Crippen LogP contribution in [0.4, 0.5) is 4.79 Å². The van der Waals surface area contributed by atoms with Crippen LogP contribution in [-0.4, -0.2) is 22.8 Å². The Morgan fingerprint density at radius 2 is 2.04 bits per heavy atom. The molecule has 2 amide bonds. The van der Waals surface area contributed by atoms with Crippen LogP contribution in [-0.2, 0) is 11.3 Å². The number of imide groups is 1. The van der Waals surface area contributed by atoms with Crippen molar-refractivity contribution in [3.63, 3.8) is 0 Å². The molecule has 2 aliphatic rings. The molecule has 0 bridgehead atoms. The quantitative estimate of drug-likeness (QED) is 0.709. The maximum absolute atomic E-state index is 12.6. The summed E-state index contributed by atoms with van der Waals surface area (Å²) in [6.45, 7) is 2.21. The smallest absolute Gasteiger partial charge is 0.293 e. The number of thiophene rings is 1. The van der Waals surface area contributed by atoms with E-state index in [1.165, 1.54) is 16.2 Å². The van der Waals surface area contributed by atoms with E-state index >= 15 is 0 Å². The monoisotopic (exact) mass is 393 g/mol. The van der Waals surface area contributed by atoms with Crippen molar-refractivity contribution in [3.05, 3.63) is 49.5 Å². The van der Waals surface area contributed by atoms with E-state index in [1.54, 1.807) is 18.2 Å². The molecule has 4 rings (SSSR count). The lowest BCUT2D eigenvalue weighted by Gasteiger charge is -2.14. The molecule has 0 aliphatic carbocycles. The molecule has 8 heteroatoms. The molecule has 0 radical (unpaired) electrons. The molecular weight excluding hydrogens is 382 g/mol. The van der Waals surface area contributed by atoms with E-state index in [1.807, 2.05) is 18.4 Å². The number of halogens is 1. The lowest BCUT2D eigenvalue weighted by molar-refractivity contribution is -0.123. The summed E-state index contributed by atoms with van der Waals surface area (Å²) in [7, 11) is 0. The third-order valence-electron chi connectivity index (χ3n) is 3.91. The number of fused-ring (bicyclic) bond motifs is 1. The third-order valence-corrected chi connectivity index (χ3v) is 6.13. The van der Waals surface area contributed by atoms with Gasteiger partial charge in [0.15, 0.2) is 11.5 Å². The first-order valence-corrected chi connectivity index (χ1v) is 9.48. The standard InChI is InChI=1S/C17H12ClNO4S2/c1-9-2-3-24-14(9)6-15-16(20)19(17(21)25-15)7-10-4-12-13(5-11(10)18)23-8-22-12/h2-6H,7-8H2,1H3/b15-6+. The van der Waals surface area contributed by atoms with Gasteiger partial charge in [-0.25, -0.2) is 0 Å². The summed E-state index contributed by atoms with van der Waals surface area (Å²) in [6, 6.07) is 5.33. The lowest BCUT2D eigenvalue weighted by atomic mass is 10.2. The fourth-order valence-electron chi connectivity index (χ4n) is 2.54. The average Bonchev–Trinajstić information content (AvgIpc) is 3.25. The van der Waals surface area contributed by atoms with Crippen LogP contribution >= 0.6 is 34.7 Å². The summed E-state index contributed by atoms with van der Waals surface area (Å²) in [5.41, 5.74) is 1.72. The fourth-order valence-corrected chi connectivity index (χ4v) is 4.51. The van der Waals surface area contributed by atoms with Crippen LogP contribution in [0.1, 0.15) is 16.0 Å². The summed E-state index contributed by atoms with van der Waals surface area (Å²) < 4.78 is 10.6. The summed E-state index contributed by atoms with van der Waals surface area (Å²) >= 11 is 8.73.